The highest BCUT2D eigenvalue weighted by atomic mass is 32.0. The van der Waals surface area contributed by atoms with Crippen LogP contribution in [0.25, 0.3) is 10.8 Å². The van der Waals surface area contributed by atoms with Crippen molar-refractivity contribution < 1.29 is 78.1 Å². The van der Waals surface area contributed by atoms with E-state index in [2.05, 4.69) is 15.6 Å². The van der Waals surface area contributed by atoms with Gasteiger partial charge in [-0.1, -0.05) is 57.2 Å². The van der Waals surface area contributed by atoms with Crippen LogP contribution < -0.4 is 0 Å². The van der Waals surface area contributed by atoms with E-state index in [1.54, 1.807) is 6.07 Å². The molecular formula is C44H78O16P2. The molecule has 0 spiro atoms. The highest BCUT2D eigenvalue weighted by Gasteiger charge is 2.34. The fourth-order valence-electron chi connectivity index (χ4n) is 5.83. The van der Waals surface area contributed by atoms with Gasteiger partial charge in [0.25, 0.3) is 0 Å². The number of aliphatic hydroxyl groups excluding tert-OH is 6. The van der Waals surface area contributed by atoms with Gasteiger partial charge >= 0.3 is 5.97 Å². The minimum atomic E-state index is -1.08. The van der Waals surface area contributed by atoms with Gasteiger partial charge in [0, 0.05) is 10.8 Å². The number of ether oxygens (including phenoxy) is 9. The van der Waals surface area contributed by atoms with Gasteiger partial charge in [0.1, 0.15) is 12.2 Å². The third-order valence-electron chi connectivity index (χ3n) is 10.7. The first-order valence-electron chi connectivity index (χ1n) is 21.4. The van der Waals surface area contributed by atoms with Gasteiger partial charge in [-0.05, 0) is 42.8 Å². The zero-order valence-corrected chi connectivity index (χ0v) is 39.7. The van der Waals surface area contributed by atoms with Crippen LogP contribution in [0.2, 0.25) is 0 Å². The summed E-state index contributed by atoms with van der Waals surface area (Å²) in [6, 6.07) is 13.0. The van der Waals surface area contributed by atoms with E-state index < -0.39 is 27.8 Å². The molecule has 0 bridgehead atoms. The predicted molar refractivity (Wildman–Crippen MR) is 243 cm³/mol. The van der Waals surface area contributed by atoms with Crippen molar-refractivity contribution in [3.8, 4) is 0 Å². The zero-order chi connectivity index (χ0) is 46.0. The molecule has 3 atom stereocenters. The maximum atomic E-state index is 13.0. The number of fused-ring (bicyclic) bond motifs is 1. The molecule has 0 heterocycles. The molecule has 360 valence electrons. The number of aliphatic hydroxyl groups is 6. The Kier molecular flexibility index (Phi) is 32.8. The summed E-state index contributed by atoms with van der Waals surface area (Å²) in [5, 5.41) is 60.1. The molecule has 0 saturated heterocycles. The van der Waals surface area contributed by atoms with E-state index in [9.17, 15) is 35.4 Å². The Morgan fingerprint density at radius 1 is 0.516 bits per heavy atom. The quantitative estimate of drug-likeness (QED) is 0.0324. The number of rotatable bonds is 38. The molecule has 62 heavy (non-hydrogen) atoms. The second-order valence-electron chi connectivity index (χ2n) is 15.4. The molecule has 0 aliphatic rings. The molecule has 0 aromatic heterocycles. The molecule has 2 aromatic carbocycles. The number of carbonyl (C=O) groups is 1. The van der Waals surface area contributed by atoms with Crippen molar-refractivity contribution in [1.29, 1.82) is 0 Å². The summed E-state index contributed by atoms with van der Waals surface area (Å²) in [6.45, 7) is 8.72. The fraction of sp³-hybridized carbons (Fsp3) is 0.750. The molecule has 2 rings (SSSR count). The summed E-state index contributed by atoms with van der Waals surface area (Å²) < 4.78 is 52.8. The first-order chi connectivity index (χ1) is 30.1. The number of esters is 1. The van der Waals surface area contributed by atoms with Crippen LogP contribution in [-0.2, 0) is 42.6 Å². The van der Waals surface area contributed by atoms with Crippen LogP contribution >= 0.6 is 17.2 Å². The fourth-order valence-corrected chi connectivity index (χ4v) is 5.83. The SMILES string of the molecule is CCC(CO)(CO)COCCOCCOCC(COCCOCC(CC)(CO)CO)(COCCOC(=O)c1cccc2ccccc12)COCCOC(CC)(CO)CO.CPP. The van der Waals surface area contributed by atoms with E-state index in [4.69, 9.17) is 42.6 Å². The van der Waals surface area contributed by atoms with Gasteiger partial charge in [0.15, 0.2) is 0 Å². The topological polar surface area (TPSA) is 222 Å². The van der Waals surface area contributed by atoms with Crippen LogP contribution in [0.15, 0.2) is 42.5 Å². The Hall–Kier alpha value is -1.53. The highest BCUT2D eigenvalue weighted by Crippen LogP contribution is 2.24. The minimum Gasteiger partial charge on any atom is -0.460 e. The number of hydrogen-bond acceptors (Lipinski definition) is 16. The first kappa shape index (κ1) is 58.5. The third-order valence-corrected chi connectivity index (χ3v) is 10.7. The van der Waals surface area contributed by atoms with E-state index in [0.717, 1.165) is 19.0 Å². The molecule has 0 aliphatic heterocycles. The van der Waals surface area contributed by atoms with Gasteiger partial charge < -0.3 is 73.3 Å². The van der Waals surface area contributed by atoms with Gasteiger partial charge in [0.2, 0.25) is 0 Å². The largest absolute Gasteiger partial charge is 0.460 e. The average molecular weight is 925 g/mol. The molecule has 6 N–H and O–H groups in total. The lowest BCUT2D eigenvalue weighted by atomic mass is 9.88. The Balaban J connectivity index is 0.00000621. The van der Waals surface area contributed by atoms with Crippen molar-refractivity contribution in [3.05, 3.63) is 48.0 Å². The van der Waals surface area contributed by atoms with Crippen LogP contribution in [-0.4, -0.2) is 194 Å². The minimum absolute atomic E-state index is 0.00933. The monoisotopic (exact) mass is 924 g/mol. The molecule has 16 nitrogen and oxygen atoms in total. The van der Waals surface area contributed by atoms with Crippen LogP contribution in [0.4, 0.5) is 0 Å². The lowest BCUT2D eigenvalue weighted by Gasteiger charge is -2.33. The van der Waals surface area contributed by atoms with Crippen molar-refractivity contribution in [1.82, 2.24) is 0 Å². The van der Waals surface area contributed by atoms with Gasteiger partial charge in [-0.2, -0.15) is 0 Å². The Labute approximate surface area is 373 Å². The molecule has 18 heteroatoms. The van der Waals surface area contributed by atoms with Gasteiger partial charge in [-0.25, -0.2) is 4.79 Å². The maximum Gasteiger partial charge on any atom is 0.338 e. The van der Waals surface area contributed by atoms with E-state index in [1.807, 2.05) is 57.2 Å². The first-order valence-corrected chi connectivity index (χ1v) is 24.7. The molecule has 0 amide bonds. The molecule has 0 radical (unpaired) electrons. The van der Waals surface area contributed by atoms with Crippen molar-refractivity contribution in [3.63, 3.8) is 0 Å². The zero-order valence-electron chi connectivity index (χ0n) is 37.6. The van der Waals surface area contributed by atoms with Crippen LogP contribution in [0, 0.1) is 16.2 Å². The summed E-state index contributed by atoms with van der Waals surface area (Å²) in [5.74, 6) is -0.466. The smallest absolute Gasteiger partial charge is 0.338 e. The standard InChI is InChI=1S/C43H72O16.CH6P2/c1-4-40(24-44,25-45)30-52-16-14-51-15-17-54-32-42(35-57-21-23-59-43(6-3,28-48)29-49,33-55-19-18-53-31-41(5-2,26-46)27-47)34-56-20-22-58-39(50)38-13-9-11-36-10-7-8-12-37(36)38;1-3-2/h7-13,44-49H,4-6,14-35H2,1-3H3;3H,2H2,1H3. The van der Waals surface area contributed by atoms with Crippen molar-refractivity contribution >= 4 is 33.9 Å². The van der Waals surface area contributed by atoms with Crippen molar-refractivity contribution in [2.45, 2.75) is 45.6 Å². The molecule has 0 fully saturated rings. The molecule has 0 aliphatic carbocycles. The van der Waals surface area contributed by atoms with Crippen molar-refractivity contribution in [2.24, 2.45) is 16.2 Å². The molecule has 3 unspecified atom stereocenters. The normalized spacial score (nSPS) is 13.4. The number of hydrogen-bond donors (Lipinski definition) is 6. The molecule has 2 aromatic rings. The number of benzene rings is 2. The Bertz CT molecular complexity index is 1370. The second kappa shape index (κ2) is 34.8. The van der Waals surface area contributed by atoms with Crippen LogP contribution in [0.5, 0.6) is 0 Å². The van der Waals surface area contributed by atoms with Crippen LogP contribution in [0.3, 0.4) is 0 Å². The second-order valence-corrected chi connectivity index (χ2v) is 17.7. The highest BCUT2D eigenvalue weighted by molar-refractivity contribution is 8.02. The lowest BCUT2D eigenvalue weighted by Crippen LogP contribution is -2.43. The summed E-state index contributed by atoms with van der Waals surface area (Å²) >= 11 is 0. The van der Waals surface area contributed by atoms with Gasteiger partial charge in [-0.3, -0.25) is 0 Å². The summed E-state index contributed by atoms with van der Waals surface area (Å²) in [4.78, 5) is 13.0. The van der Waals surface area contributed by atoms with Crippen molar-refractivity contribution in [2.75, 3.05) is 152 Å². The summed E-state index contributed by atoms with van der Waals surface area (Å²) in [7, 11) is 3.61. The Morgan fingerprint density at radius 3 is 1.32 bits per heavy atom. The predicted octanol–water partition coefficient (Wildman–Crippen LogP) is 3.10. The maximum absolute atomic E-state index is 13.0. The van der Waals surface area contributed by atoms with Crippen LogP contribution in [0.1, 0.15) is 50.4 Å². The molecule has 0 saturated carbocycles. The Morgan fingerprint density at radius 2 is 0.903 bits per heavy atom. The van der Waals surface area contributed by atoms with E-state index in [1.165, 1.54) is 0 Å². The third kappa shape index (κ3) is 21.6. The average Bonchev–Trinajstić information content (AvgIpc) is 3.31. The van der Waals surface area contributed by atoms with Gasteiger partial charge in [-0.15, -0.1) is 17.2 Å². The lowest BCUT2D eigenvalue weighted by molar-refractivity contribution is -0.142. The summed E-state index contributed by atoms with van der Waals surface area (Å²) in [6.07, 6.45) is 1.51. The van der Waals surface area contributed by atoms with Gasteiger partial charge in [0.05, 0.1) is 150 Å². The van der Waals surface area contributed by atoms with E-state index >= 15 is 0 Å². The van der Waals surface area contributed by atoms with E-state index in [0.29, 0.717) is 24.8 Å². The molecular weight excluding hydrogens is 846 g/mol. The number of carbonyl (C=O) groups excluding carboxylic acids is 1. The summed E-state index contributed by atoms with van der Waals surface area (Å²) in [5.41, 5.74) is -2.93. The van der Waals surface area contributed by atoms with E-state index in [-0.39, 0.29) is 145 Å².